The number of benzene rings is 1. The Morgan fingerprint density at radius 1 is 1.27 bits per heavy atom. The average Bonchev–Trinajstić information content (AvgIpc) is 2.44. The van der Waals surface area contributed by atoms with E-state index in [4.69, 9.17) is 0 Å². The summed E-state index contributed by atoms with van der Waals surface area (Å²) in [4.78, 5) is 11.4. The van der Waals surface area contributed by atoms with Crippen LogP contribution in [-0.2, 0) is 7.05 Å². The number of nitrogens with zero attached hydrogens (tertiary/aromatic N) is 1. The standard InChI is InChI=1S/C11H11BrN2O/c1-7-10(14(2)13-11(7)15)8-3-5-9(12)6-4-8/h3-6H,1-2H3,(H,13,15). The molecule has 0 bridgehead atoms. The lowest BCUT2D eigenvalue weighted by molar-refractivity contribution is 0.764. The number of halogens is 1. The average molecular weight is 267 g/mol. The van der Waals surface area contributed by atoms with Crippen LogP contribution in [0.2, 0.25) is 0 Å². The maximum atomic E-state index is 11.4. The highest BCUT2D eigenvalue weighted by Crippen LogP contribution is 2.22. The lowest BCUT2D eigenvalue weighted by Gasteiger charge is -2.03. The van der Waals surface area contributed by atoms with Crippen LogP contribution in [0.3, 0.4) is 0 Å². The van der Waals surface area contributed by atoms with Crippen LogP contribution in [0.15, 0.2) is 33.5 Å². The molecule has 3 nitrogen and oxygen atoms in total. The highest BCUT2D eigenvalue weighted by atomic mass is 79.9. The van der Waals surface area contributed by atoms with E-state index in [2.05, 4.69) is 21.0 Å². The van der Waals surface area contributed by atoms with Crippen molar-refractivity contribution in [3.8, 4) is 11.3 Å². The molecule has 0 saturated heterocycles. The van der Waals surface area contributed by atoms with E-state index < -0.39 is 0 Å². The van der Waals surface area contributed by atoms with Gasteiger partial charge in [-0.05, 0) is 19.1 Å². The topological polar surface area (TPSA) is 37.8 Å². The summed E-state index contributed by atoms with van der Waals surface area (Å²) in [5.41, 5.74) is 2.69. The third kappa shape index (κ3) is 1.77. The number of nitrogens with one attached hydrogen (secondary N) is 1. The molecule has 1 aromatic carbocycles. The summed E-state index contributed by atoms with van der Waals surface area (Å²) in [7, 11) is 1.84. The van der Waals surface area contributed by atoms with Gasteiger partial charge in [0.1, 0.15) is 0 Å². The minimum absolute atomic E-state index is 0.0320. The van der Waals surface area contributed by atoms with Crippen molar-refractivity contribution in [2.24, 2.45) is 7.05 Å². The number of aryl methyl sites for hydroxylation is 1. The predicted molar refractivity (Wildman–Crippen MR) is 63.9 cm³/mol. The monoisotopic (exact) mass is 266 g/mol. The van der Waals surface area contributed by atoms with Gasteiger partial charge in [0.2, 0.25) is 0 Å². The van der Waals surface area contributed by atoms with Gasteiger partial charge in [-0.25, -0.2) is 0 Å². The van der Waals surface area contributed by atoms with Crippen molar-refractivity contribution in [3.63, 3.8) is 0 Å². The molecule has 0 amide bonds. The molecule has 2 aromatic rings. The molecule has 2 rings (SSSR count). The molecule has 1 N–H and O–H groups in total. The van der Waals surface area contributed by atoms with Crippen molar-refractivity contribution in [1.29, 1.82) is 0 Å². The Morgan fingerprint density at radius 3 is 2.33 bits per heavy atom. The number of rotatable bonds is 1. The van der Waals surface area contributed by atoms with Gasteiger partial charge in [-0.15, -0.1) is 0 Å². The number of hydrogen-bond donors (Lipinski definition) is 1. The summed E-state index contributed by atoms with van der Waals surface area (Å²) in [6.45, 7) is 1.83. The Morgan fingerprint density at radius 2 is 1.87 bits per heavy atom. The van der Waals surface area contributed by atoms with Gasteiger partial charge in [0.15, 0.2) is 0 Å². The lowest BCUT2D eigenvalue weighted by Crippen LogP contribution is -2.03. The van der Waals surface area contributed by atoms with E-state index in [9.17, 15) is 4.79 Å². The molecule has 78 valence electrons. The molecule has 0 unspecified atom stereocenters. The second-order valence-electron chi connectivity index (χ2n) is 3.48. The fourth-order valence-electron chi connectivity index (χ4n) is 1.67. The third-order valence-corrected chi connectivity index (χ3v) is 2.95. The minimum Gasteiger partial charge on any atom is -0.287 e. The zero-order valence-electron chi connectivity index (χ0n) is 8.54. The molecule has 1 heterocycles. The first kappa shape index (κ1) is 10.2. The summed E-state index contributed by atoms with van der Waals surface area (Å²) in [6.07, 6.45) is 0. The minimum atomic E-state index is -0.0320. The van der Waals surface area contributed by atoms with Gasteiger partial charge in [-0.2, -0.15) is 0 Å². The highest BCUT2D eigenvalue weighted by molar-refractivity contribution is 9.10. The molecule has 0 atom stereocenters. The van der Waals surface area contributed by atoms with Crippen molar-refractivity contribution >= 4 is 15.9 Å². The number of aromatic nitrogens is 2. The molecule has 1 aromatic heterocycles. The van der Waals surface area contributed by atoms with Gasteiger partial charge in [-0.3, -0.25) is 14.6 Å². The molecular weight excluding hydrogens is 256 g/mol. The first-order valence-corrected chi connectivity index (χ1v) is 5.40. The van der Waals surface area contributed by atoms with E-state index in [-0.39, 0.29) is 5.56 Å². The molecule has 0 spiro atoms. The normalized spacial score (nSPS) is 10.6. The second kappa shape index (κ2) is 3.70. The zero-order valence-corrected chi connectivity index (χ0v) is 10.1. The Bertz CT molecular complexity index is 537. The van der Waals surface area contributed by atoms with Gasteiger partial charge >= 0.3 is 0 Å². The fourth-order valence-corrected chi connectivity index (χ4v) is 1.93. The number of H-pyrrole nitrogens is 1. The van der Waals surface area contributed by atoms with Crippen LogP contribution in [0.4, 0.5) is 0 Å². The van der Waals surface area contributed by atoms with Crippen LogP contribution >= 0.6 is 15.9 Å². The van der Waals surface area contributed by atoms with Crippen molar-refractivity contribution in [2.45, 2.75) is 6.92 Å². The largest absolute Gasteiger partial charge is 0.287 e. The Labute approximate surface area is 95.9 Å². The van der Waals surface area contributed by atoms with Gasteiger partial charge < -0.3 is 0 Å². The van der Waals surface area contributed by atoms with Crippen LogP contribution < -0.4 is 5.56 Å². The third-order valence-electron chi connectivity index (χ3n) is 2.42. The zero-order chi connectivity index (χ0) is 11.0. The van der Waals surface area contributed by atoms with Gasteiger partial charge in [0, 0.05) is 22.6 Å². The SMILES string of the molecule is Cc1c(-c2ccc(Br)cc2)n(C)[nH]c1=O. The lowest BCUT2D eigenvalue weighted by atomic mass is 10.1. The van der Waals surface area contributed by atoms with Crippen LogP contribution in [-0.4, -0.2) is 9.78 Å². The van der Waals surface area contributed by atoms with E-state index in [0.717, 1.165) is 21.3 Å². The molecule has 0 aliphatic heterocycles. The molecule has 4 heteroatoms. The Kier molecular flexibility index (Phi) is 2.52. The maximum absolute atomic E-state index is 11.4. The second-order valence-corrected chi connectivity index (χ2v) is 4.40. The summed E-state index contributed by atoms with van der Waals surface area (Å²) in [5.74, 6) is 0. The summed E-state index contributed by atoms with van der Waals surface area (Å²) >= 11 is 3.38. The van der Waals surface area contributed by atoms with Crippen molar-refractivity contribution in [2.75, 3.05) is 0 Å². The predicted octanol–water partition coefficient (Wildman–Crippen LogP) is 2.45. The summed E-state index contributed by atoms with van der Waals surface area (Å²) < 4.78 is 2.78. The molecule has 0 aliphatic rings. The van der Waals surface area contributed by atoms with Crippen LogP contribution in [0, 0.1) is 6.92 Å². The quantitative estimate of drug-likeness (QED) is 0.846. The Hall–Kier alpha value is -1.29. The van der Waals surface area contributed by atoms with E-state index >= 15 is 0 Å². The number of hydrogen-bond acceptors (Lipinski definition) is 1. The molecule has 15 heavy (non-hydrogen) atoms. The van der Waals surface area contributed by atoms with E-state index in [1.165, 1.54) is 0 Å². The first-order chi connectivity index (χ1) is 7.09. The van der Waals surface area contributed by atoms with E-state index in [1.807, 2.05) is 38.2 Å². The highest BCUT2D eigenvalue weighted by Gasteiger charge is 2.09. The van der Waals surface area contributed by atoms with Crippen molar-refractivity contribution in [3.05, 3.63) is 44.7 Å². The molecule has 0 fully saturated rings. The van der Waals surface area contributed by atoms with Crippen molar-refractivity contribution in [1.82, 2.24) is 9.78 Å². The van der Waals surface area contributed by atoms with E-state index in [0.29, 0.717) is 0 Å². The number of aromatic amines is 1. The summed E-state index contributed by atoms with van der Waals surface area (Å²) in [5, 5.41) is 2.74. The van der Waals surface area contributed by atoms with Crippen LogP contribution in [0.1, 0.15) is 5.56 Å². The Balaban J connectivity index is 2.63. The van der Waals surface area contributed by atoms with Gasteiger partial charge in [0.05, 0.1) is 5.69 Å². The van der Waals surface area contributed by atoms with Crippen molar-refractivity contribution < 1.29 is 0 Å². The van der Waals surface area contributed by atoms with Crippen LogP contribution in [0.5, 0.6) is 0 Å². The summed E-state index contributed by atoms with van der Waals surface area (Å²) in [6, 6.07) is 7.90. The maximum Gasteiger partial charge on any atom is 0.267 e. The van der Waals surface area contributed by atoms with E-state index in [1.54, 1.807) is 4.68 Å². The molecule has 0 radical (unpaired) electrons. The smallest absolute Gasteiger partial charge is 0.267 e. The van der Waals surface area contributed by atoms with Gasteiger partial charge in [0.25, 0.3) is 5.56 Å². The molecule has 0 saturated carbocycles. The fraction of sp³-hybridized carbons (Fsp3) is 0.182. The molecule has 0 aliphatic carbocycles. The van der Waals surface area contributed by atoms with Crippen LogP contribution in [0.25, 0.3) is 11.3 Å². The molecular formula is C11H11BrN2O. The van der Waals surface area contributed by atoms with Gasteiger partial charge in [-0.1, -0.05) is 28.1 Å². The first-order valence-electron chi connectivity index (χ1n) is 4.61.